The fourth-order valence-electron chi connectivity index (χ4n) is 0.951. The molecule has 3 nitrogen and oxygen atoms in total. The molecule has 15 heavy (non-hydrogen) atoms. The van der Waals surface area contributed by atoms with Gasteiger partial charge < -0.3 is 10.6 Å². The van der Waals surface area contributed by atoms with Crippen molar-refractivity contribution in [2.24, 2.45) is 0 Å². The fourth-order valence-corrected chi connectivity index (χ4v) is 1.62. The monoisotopic (exact) mass is 232 g/mol. The van der Waals surface area contributed by atoms with Gasteiger partial charge in [0, 0.05) is 11.3 Å². The highest BCUT2D eigenvalue weighted by Crippen LogP contribution is 2.22. The molecule has 0 saturated carbocycles. The van der Waals surface area contributed by atoms with Gasteiger partial charge in [-0.25, -0.2) is 0 Å². The van der Waals surface area contributed by atoms with E-state index >= 15 is 0 Å². The Morgan fingerprint density at radius 2 is 1.93 bits per heavy atom. The molecule has 0 atom stereocenters. The minimum absolute atomic E-state index is 0.145. The average Bonchev–Trinajstić information content (AvgIpc) is 2.13. The normalized spacial score (nSPS) is 11.5. The van der Waals surface area contributed by atoms with Crippen molar-refractivity contribution >= 4 is 17.7 Å². The van der Waals surface area contributed by atoms with Crippen LogP contribution in [0, 0.1) is 0 Å². The molecule has 1 amide bonds. The SMILES string of the molecule is CCNCCCNC(=O)CSC(C)(C)C. The molecule has 0 fully saturated rings. The van der Waals surface area contributed by atoms with Crippen LogP contribution in [0.4, 0.5) is 0 Å². The number of thioether (sulfide) groups is 1. The van der Waals surface area contributed by atoms with Crippen molar-refractivity contribution in [1.29, 1.82) is 0 Å². The van der Waals surface area contributed by atoms with Crippen LogP contribution in [-0.2, 0) is 4.79 Å². The Morgan fingerprint density at radius 1 is 1.27 bits per heavy atom. The molecular weight excluding hydrogens is 208 g/mol. The minimum atomic E-state index is 0.145. The molecule has 0 heterocycles. The Bertz CT molecular complexity index is 178. The summed E-state index contributed by atoms with van der Waals surface area (Å²) in [7, 11) is 0. The van der Waals surface area contributed by atoms with Gasteiger partial charge in [-0.05, 0) is 19.5 Å². The number of hydrogen-bond acceptors (Lipinski definition) is 3. The van der Waals surface area contributed by atoms with Crippen LogP contribution >= 0.6 is 11.8 Å². The maximum absolute atomic E-state index is 11.4. The summed E-state index contributed by atoms with van der Waals surface area (Å²) in [6.07, 6.45) is 1.000. The van der Waals surface area contributed by atoms with Crippen LogP contribution in [-0.4, -0.2) is 36.0 Å². The van der Waals surface area contributed by atoms with E-state index in [1.54, 1.807) is 11.8 Å². The van der Waals surface area contributed by atoms with Crippen molar-refractivity contribution in [1.82, 2.24) is 10.6 Å². The Morgan fingerprint density at radius 3 is 2.47 bits per heavy atom. The maximum atomic E-state index is 11.4. The van der Waals surface area contributed by atoms with E-state index in [9.17, 15) is 4.79 Å². The molecule has 4 heteroatoms. The molecule has 0 aromatic rings. The van der Waals surface area contributed by atoms with E-state index in [4.69, 9.17) is 0 Å². The Balaban J connectivity index is 3.34. The zero-order valence-corrected chi connectivity index (χ0v) is 11.2. The van der Waals surface area contributed by atoms with E-state index in [1.807, 2.05) is 0 Å². The molecule has 0 aliphatic rings. The Kier molecular flexibility index (Phi) is 7.88. The summed E-state index contributed by atoms with van der Waals surface area (Å²) in [5, 5.41) is 6.14. The quantitative estimate of drug-likeness (QED) is 0.656. The first-order chi connectivity index (χ1) is 6.95. The lowest BCUT2D eigenvalue weighted by Gasteiger charge is -2.16. The fraction of sp³-hybridized carbons (Fsp3) is 0.909. The standard InChI is InChI=1S/C11H24N2OS/c1-5-12-7-6-8-13-10(14)9-15-11(2,3)4/h12H,5-9H2,1-4H3,(H,13,14). The van der Waals surface area contributed by atoms with E-state index in [-0.39, 0.29) is 10.7 Å². The molecular formula is C11H24N2OS. The van der Waals surface area contributed by atoms with E-state index in [2.05, 4.69) is 38.3 Å². The van der Waals surface area contributed by atoms with Crippen LogP contribution in [0.2, 0.25) is 0 Å². The lowest BCUT2D eigenvalue weighted by molar-refractivity contribution is -0.118. The molecule has 0 spiro atoms. The van der Waals surface area contributed by atoms with Gasteiger partial charge in [-0.15, -0.1) is 11.8 Å². The second-order valence-corrected chi connectivity index (χ2v) is 6.26. The van der Waals surface area contributed by atoms with E-state index in [0.29, 0.717) is 5.75 Å². The van der Waals surface area contributed by atoms with Crippen molar-refractivity contribution in [2.75, 3.05) is 25.4 Å². The van der Waals surface area contributed by atoms with Crippen LogP contribution < -0.4 is 10.6 Å². The zero-order chi connectivity index (χ0) is 11.7. The highest BCUT2D eigenvalue weighted by molar-refractivity contribution is 8.01. The largest absolute Gasteiger partial charge is 0.355 e. The van der Waals surface area contributed by atoms with Gasteiger partial charge >= 0.3 is 0 Å². The number of rotatable bonds is 7. The summed E-state index contributed by atoms with van der Waals surface area (Å²) >= 11 is 1.68. The molecule has 0 bridgehead atoms. The van der Waals surface area contributed by atoms with Crippen LogP contribution in [0.3, 0.4) is 0 Å². The molecule has 0 aliphatic carbocycles. The molecule has 0 radical (unpaired) electrons. The minimum Gasteiger partial charge on any atom is -0.355 e. The van der Waals surface area contributed by atoms with Gasteiger partial charge in [0.05, 0.1) is 5.75 Å². The summed E-state index contributed by atoms with van der Waals surface area (Å²) in [4.78, 5) is 11.4. The third-order valence-electron chi connectivity index (χ3n) is 1.74. The van der Waals surface area contributed by atoms with Crippen LogP contribution in [0.15, 0.2) is 0 Å². The first-order valence-electron chi connectivity index (χ1n) is 5.57. The lowest BCUT2D eigenvalue weighted by atomic mass is 10.3. The average molecular weight is 232 g/mol. The summed E-state index contributed by atoms with van der Waals surface area (Å²) in [6.45, 7) is 11.2. The molecule has 0 aromatic heterocycles. The van der Waals surface area contributed by atoms with Crippen molar-refractivity contribution in [2.45, 2.75) is 38.9 Å². The number of nitrogens with one attached hydrogen (secondary N) is 2. The summed E-state index contributed by atoms with van der Waals surface area (Å²) in [5.41, 5.74) is 0. The van der Waals surface area contributed by atoms with Crippen molar-refractivity contribution in [3.05, 3.63) is 0 Å². The first-order valence-corrected chi connectivity index (χ1v) is 6.55. The number of carbonyl (C=O) groups excluding carboxylic acids is 1. The lowest BCUT2D eigenvalue weighted by Crippen LogP contribution is -2.29. The van der Waals surface area contributed by atoms with Gasteiger partial charge in [-0.2, -0.15) is 0 Å². The maximum Gasteiger partial charge on any atom is 0.230 e. The zero-order valence-electron chi connectivity index (χ0n) is 10.4. The van der Waals surface area contributed by atoms with Crippen LogP contribution in [0.1, 0.15) is 34.1 Å². The third kappa shape index (κ3) is 11.7. The highest BCUT2D eigenvalue weighted by atomic mass is 32.2. The highest BCUT2D eigenvalue weighted by Gasteiger charge is 2.12. The number of hydrogen-bond donors (Lipinski definition) is 2. The van der Waals surface area contributed by atoms with Gasteiger partial charge in [0.15, 0.2) is 0 Å². The third-order valence-corrected chi connectivity index (χ3v) is 3.01. The van der Waals surface area contributed by atoms with Gasteiger partial charge in [0.2, 0.25) is 5.91 Å². The summed E-state index contributed by atoms with van der Waals surface area (Å²) < 4.78 is 0.168. The molecule has 0 unspecified atom stereocenters. The summed E-state index contributed by atoms with van der Waals surface area (Å²) in [5.74, 6) is 0.705. The van der Waals surface area contributed by atoms with E-state index in [0.717, 1.165) is 26.1 Å². The molecule has 90 valence electrons. The van der Waals surface area contributed by atoms with Gasteiger partial charge in [-0.1, -0.05) is 27.7 Å². The predicted molar refractivity (Wildman–Crippen MR) is 68.4 cm³/mol. The molecule has 0 rings (SSSR count). The Labute approximate surface area is 97.8 Å². The van der Waals surface area contributed by atoms with Gasteiger partial charge in [-0.3, -0.25) is 4.79 Å². The smallest absolute Gasteiger partial charge is 0.230 e. The second kappa shape index (κ2) is 7.99. The van der Waals surface area contributed by atoms with Gasteiger partial charge in [0.25, 0.3) is 0 Å². The molecule has 0 aliphatic heterocycles. The Hall–Kier alpha value is -0.220. The van der Waals surface area contributed by atoms with E-state index < -0.39 is 0 Å². The number of amides is 1. The predicted octanol–water partition coefficient (Wildman–Crippen LogP) is 1.63. The first kappa shape index (κ1) is 14.8. The number of carbonyl (C=O) groups is 1. The van der Waals surface area contributed by atoms with E-state index in [1.165, 1.54) is 0 Å². The molecule has 2 N–H and O–H groups in total. The topological polar surface area (TPSA) is 41.1 Å². The van der Waals surface area contributed by atoms with Crippen LogP contribution in [0.25, 0.3) is 0 Å². The van der Waals surface area contributed by atoms with Gasteiger partial charge in [0.1, 0.15) is 0 Å². The van der Waals surface area contributed by atoms with Crippen molar-refractivity contribution < 1.29 is 4.79 Å². The summed E-state index contributed by atoms with van der Waals surface area (Å²) in [6, 6.07) is 0. The van der Waals surface area contributed by atoms with Crippen LogP contribution in [0.5, 0.6) is 0 Å². The van der Waals surface area contributed by atoms with Crippen molar-refractivity contribution in [3.63, 3.8) is 0 Å². The second-order valence-electron chi connectivity index (χ2n) is 4.46. The molecule has 0 saturated heterocycles. The van der Waals surface area contributed by atoms with Crippen molar-refractivity contribution in [3.8, 4) is 0 Å². The molecule has 0 aromatic carbocycles.